The highest BCUT2D eigenvalue weighted by atomic mass is 35.5. The van der Waals surface area contributed by atoms with E-state index in [0.29, 0.717) is 33.1 Å². The standard InChI is InChI=1S/C21H19ClN2O4S/c1-3-27-19(25)12-28-16-8-5-14(6-9-16)10-18-20(26)24-21(29-18)23-15-7-4-13(2)17(22)11-15/h4-11H,3,12H2,1-2H3,(H,23,24,26)/b18-10-. The minimum absolute atomic E-state index is 0.143. The molecule has 3 rings (SSSR count). The minimum Gasteiger partial charge on any atom is -0.482 e. The maximum atomic E-state index is 12.2. The molecule has 1 amide bonds. The topological polar surface area (TPSA) is 77.0 Å². The van der Waals surface area contributed by atoms with E-state index in [-0.39, 0.29) is 12.5 Å². The Balaban J connectivity index is 1.66. The first-order valence-corrected chi connectivity index (χ1v) is 10.1. The molecule has 150 valence electrons. The van der Waals surface area contributed by atoms with E-state index in [0.717, 1.165) is 11.1 Å². The van der Waals surface area contributed by atoms with Crippen molar-refractivity contribution < 1.29 is 19.1 Å². The summed E-state index contributed by atoms with van der Waals surface area (Å²) < 4.78 is 10.2. The largest absolute Gasteiger partial charge is 0.482 e. The van der Waals surface area contributed by atoms with Crippen LogP contribution in [0.25, 0.3) is 6.08 Å². The van der Waals surface area contributed by atoms with Crippen LogP contribution in [0.3, 0.4) is 0 Å². The van der Waals surface area contributed by atoms with Gasteiger partial charge in [0, 0.05) is 5.02 Å². The SMILES string of the molecule is CCOC(=O)COc1ccc(/C=C2\SC(=Nc3ccc(C)c(Cl)c3)NC2=O)cc1. The van der Waals surface area contributed by atoms with Crippen LogP contribution < -0.4 is 10.1 Å². The molecule has 1 aliphatic rings. The number of hydrogen-bond acceptors (Lipinski definition) is 6. The summed E-state index contributed by atoms with van der Waals surface area (Å²) in [6.45, 7) is 3.83. The predicted octanol–water partition coefficient (Wildman–Crippen LogP) is 4.48. The summed E-state index contributed by atoms with van der Waals surface area (Å²) in [7, 11) is 0. The molecule has 0 spiro atoms. The smallest absolute Gasteiger partial charge is 0.344 e. The molecule has 0 atom stereocenters. The van der Waals surface area contributed by atoms with Crippen molar-refractivity contribution in [3.05, 3.63) is 63.5 Å². The monoisotopic (exact) mass is 430 g/mol. The Morgan fingerprint density at radius 3 is 2.69 bits per heavy atom. The first kappa shape index (κ1) is 21.0. The molecule has 1 fully saturated rings. The summed E-state index contributed by atoms with van der Waals surface area (Å²) in [6, 6.07) is 12.5. The lowest BCUT2D eigenvalue weighted by atomic mass is 10.2. The third-order valence-corrected chi connectivity index (χ3v) is 5.19. The average molecular weight is 431 g/mol. The van der Waals surface area contributed by atoms with Gasteiger partial charge >= 0.3 is 5.97 Å². The van der Waals surface area contributed by atoms with Crippen LogP contribution in [0.4, 0.5) is 5.69 Å². The number of carbonyl (C=O) groups excluding carboxylic acids is 2. The van der Waals surface area contributed by atoms with Gasteiger partial charge in [-0.25, -0.2) is 9.79 Å². The number of hydrogen-bond donors (Lipinski definition) is 1. The molecule has 6 nitrogen and oxygen atoms in total. The van der Waals surface area contributed by atoms with Gasteiger partial charge in [-0.3, -0.25) is 4.79 Å². The normalized spacial score (nSPS) is 16.2. The van der Waals surface area contributed by atoms with E-state index < -0.39 is 5.97 Å². The Hall–Kier alpha value is -2.77. The molecule has 0 saturated carbocycles. The molecule has 0 aliphatic carbocycles. The average Bonchev–Trinajstić information content (AvgIpc) is 3.03. The highest BCUT2D eigenvalue weighted by Crippen LogP contribution is 2.29. The van der Waals surface area contributed by atoms with Crippen LogP contribution in [0.15, 0.2) is 52.4 Å². The van der Waals surface area contributed by atoms with Crippen LogP contribution in [0.5, 0.6) is 5.75 Å². The Labute approximate surface area is 177 Å². The number of nitrogens with one attached hydrogen (secondary N) is 1. The van der Waals surface area contributed by atoms with Crippen LogP contribution >= 0.6 is 23.4 Å². The van der Waals surface area contributed by atoms with E-state index in [1.807, 2.05) is 19.1 Å². The number of ether oxygens (including phenoxy) is 2. The molecule has 0 unspecified atom stereocenters. The first-order valence-electron chi connectivity index (χ1n) is 8.89. The summed E-state index contributed by atoms with van der Waals surface area (Å²) in [5.74, 6) is -0.0868. The van der Waals surface area contributed by atoms with Crippen molar-refractivity contribution >= 4 is 52.2 Å². The molecule has 1 N–H and O–H groups in total. The second-order valence-corrected chi connectivity index (χ2v) is 7.52. The lowest BCUT2D eigenvalue weighted by Crippen LogP contribution is -2.19. The predicted molar refractivity (Wildman–Crippen MR) is 116 cm³/mol. The fourth-order valence-electron chi connectivity index (χ4n) is 2.41. The van der Waals surface area contributed by atoms with Gasteiger partial charge < -0.3 is 14.8 Å². The molecule has 29 heavy (non-hydrogen) atoms. The molecule has 2 aromatic carbocycles. The molecule has 0 bridgehead atoms. The molecule has 2 aromatic rings. The van der Waals surface area contributed by atoms with E-state index in [4.69, 9.17) is 21.1 Å². The summed E-state index contributed by atoms with van der Waals surface area (Å²) in [5.41, 5.74) is 2.47. The lowest BCUT2D eigenvalue weighted by Gasteiger charge is -2.05. The van der Waals surface area contributed by atoms with E-state index in [1.54, 1.807) is 43.3 Å². The van der Waals surface area contributed by atoms with Gasteiger partial charge in [0.05, 0.1) is 17.2 Å². The van der Waals surface area contributed by atoms with Crippen LogP contribution in [0, 0.1) is 6.92 Å². The van der Waals surface area contributed by atoms with Crippen molar-refractivity contribution in [2.24, 2.45) is 4.99 Å². The number of amides is 1. The van der Waals surface area contributed by atoms with Crippen molar-refractivity contribution in [2.75, 3.05) is 13.2 Å². The van der Waals surface area contributed by atoms with E-state index in [2.05, 4.69) is 10.3 Å². The lowest BCUT2D eigenvalue weighted by molar-refractivity contribution is -0.145. The second-order valence-electron chi connectivity index (χ2n) is 6.08. The molecule has 8 heteroatoms. The van der Waals surface area contributed by atoms with Crippen LogP contribution in [0.2, 0.25) is 5.02 Å². The number of carbonyl (C=O) groups is 2. The van der Waals surface area contributed by atoms with Crippen molar-refractivity contribution in [2.45, 2.75) is 13.8 Å². The first-order chi connectivity index (χ1) is 13.9. The van der Waals surface area contributed by atoms with Gasteiger partial charge in [0.2, 0.25) is 0 Å². The number of benzene rings is 2. The van der Waals surface area contributed by atoms with Gasteiger partial charge in [-0.2, -0.15) is 0 Å². The van der Waals surface area contributed by atoms with Crippen molar-refractivity contribution in [3.63, 3.8) is 0 Å². The fraction of sp³-hybridized carbons (Fsp3) is 0.190. The zero-order valence-corrected chi connectivity index (χ0v) is 17.5. The van der Waals surface area contributed by atoms with Crippen LogP contribution in [-0.2, 0) is 14.3 Å². The molecule has 0 aromatic heterocycles. The molecule has 1 heterocycles. The number of amidine groups is 1. The third kappa shape index (κ3) is 5.85. The van der Waals surface area contributed by atoms with Gasteiger partial charge in [0.25, 0.3) is 5.91 Å². The Morgan fingerprint density at radius 1 is 1.24 bits per heavy atom. The van der Waals surface area contributed by atoms with Crippen LogP contribution in [-0.4, -0.2) is 30.3 Å². The molecular formula is C21H19ClN2O4S. The summed E-state index contributed by atoms with van der Waals surface area (Å²) in [4.78, 5) is 28.5. The van der Waals surface area contributed by atoms with E-state index in [1.165, 1.54) is 11.8 Å². The van der Waals surface area contributed by atoms with Gasteiger partial charge in [-0.15, -0.1) is 0 Å². The fourth-order valence-corrected chi connectivity index (χ4v) is 3.42. The summed E-state index contributed by atoms with van der Waals surface area (Å²) in [6.07, 6.45) is 1.76. The maximum Gasteiger partial charge on any atom is 0.344 e. The summed E-state index contributed by atoms with van der Waals surface area (Å²) >= 11 is 7.38. The van der Waals surface area contributed by atoms with Gasteiger partial charge in [-0.05, 0) is 67.1 Å². The molecular weight excluding hydrogens is 412 g/mol. The quantitative estimate of drug-likeness (QED) is 0.540. The Bertz CT molecular complexity index is 987. The Morgan fingerprint density at radius 2 is 2.00 bits per heavy atom. The van der Waals surface area contributed by atoms with Crippen molar-refractivity contribution in [1.29, 1.82) is 0 Å². The van der Waals surface area contributed by atoms with Crippen LogP contribution in [0.1, 0.15) is 18.1 Å². The molecule has 0 radical (unpaired) electrons. The number of halogens is 1. The van der Waals surface area contributed by atoms with Gasteiger partial charge in [0.1, 0.15) is 5.75 Å². The van der Waals surface area contributed by atoms with Gasteiger partial charge in [-0.1, -0.05) is 29.8 Å². The number of thioether (sulfide) groups is 1. The number of esters is 1. The highest BCUT2D eigenvalue weighted by molar-refractivity contribution is 8.18. The Kier molecular flexibility index (Phi) is 6.95. The number of aliphatic imine (C=N–C) groups is 1. The summed E-state index contributed by atoms with van der Waals surface area (Å²) in [5, 5.41) is 3.87. The number of rotatable bonds is 6. The zero-order valence-electron chi connectivity index (χ0n) is 15.9. The number of aryl methyl sites for hydroxylation is 1. The van der Waals surface area contributed by atoms with Gasteiger partial charge in [0.15, 0.2) is 11.8 Å². The highest BCUT2D eigenvalue weighted by Gasteiger charge is 2.23. The molecule has 1 saturated heterocycles. The zero-order chi connectivity index (χ0) is 20.8. The second kappa shape index (κ2) is 9.62. The van der Waals surface area contributed by atoms with E-state index in [9.17, 15) is 9.59 Å². The van der Waals surface area contributed by atoms with Crippen molar-refractivity contribution in [3.8, 4) is 5.75 Å². The molecule has 1 aliphatic heterocycles. The minimum atomic E-state index is -0.417. The third-order valence-electron chi connectivity index (χ3n) is 3.88. The van der Waals surface area contributed by atoms with E-state index >= 15 is 0 Å². The number of nitrogens with zero attached hydrogens (tertiary/aromatic N) is 1. The van der Waals surface area contributed by atoms with Crippen molar-refractivity contribution in [1.82, 2.24) is 5.32 Å². The maximum absolute atomic E-state index is 12.2.